The average molecular weight is 482 g/mol. The SMILES string of the molecule is O=C(CCc1ncc(-c2ccc(F)cc2F)o1)Nc1cc(N2CCCS2(=O)=O)ccc1Cl. The molecule has 1 saturated heterocycles. The second kappa shape index (κ2) is 8.87. The summed E-state index contributed by atoms with van der Waals surface area (Å²) in [4.78, 5) is 16.4. The first-order valence-corrected chi connectivity index (χ1v) is 11.7. The van der Waals surface area contributed by atoms with Crippen molar-refractivity contribution in [2.45, 2.75) is 19.3 Å². The van der Waals surface area contributed by atoms with Gasteiger partial charge in [0.2, 0.25) is 15.9 Å². The molecule has 1 N–H and O–H groups in total. The number of hydrogen-bond donors (Lipinski definition) is 1. The number of benzene rings is 2. The van der Waals surface area contributed by atoms with Gasteiger partial charge in [0.05, 0.1) is 33.9 Å². The Hall–Kier alpha value is -2.98. The first-order valence-electron chi connectivity index (χ1n) is 9.73. The lowest BCUT2D eigenvalue weighted by atomic mass is 10.2. The summed E-state index contributed by atoms with van der Waals surface area (Å²) < 4.78 is 58.0. The monoisotopic (exact) mass is 481 g/mol. The molecule has 2 heterocycles. The fourth-order valence-electron chi connectivity index (χ4n) is 3.37. The van der Waals surface area contributed by atoms with Crippen LogP contribution in [0.25, 0.3) is 11.3 Å². The predicted molar refractivity (Wildman–Crippen MR) is 116 cm³/mol. The molecule has 2 aromatic carbocycles. The third-order valence-electron chi connectivity index (χ3n) is 4.93. The standard InChI is InChI=1S/C21H18ClF2N3O4S/c22-16-5-3-14(27-8-1-9-32(27,29)30)11-18(16)26-20(28)6-7-21-25-12-19(31-21)15-4-2-13(23)10-17(15)24/h2-5,10-12H,1,6-9H2,(H,26,28). The van der Waals surface area contributed by atoms with Crippen molar-refractivity contribution in [3.63, 3.8) is 0 Å². The molecule has 0 atom stereocenters. The number of hydrogen-bond acceptors (Lipinski definition) is 5. The molecular weight excluding hydrogens is 464 g/mol. The van der Waals surface area contributed by atoms with E-state index >= 15 is 0 Å². The van der Waals surface area contributed by atoms with E-state index in [1.165, 1.54) is 28.7 Å². The number of rotatable bonds is 6. The topological polar surface area (TPSA) is 92.5 Å². The maximum atomic E-state index is 13.9. The van der Waals surface area contributed by atoms with Gasteiger partial charge in [0.1, 0.15) is 11.6 Å². The summed E-state index contributed by atoms with van der Waals surface area (Å²) in [7, 11) is -3.36. The van der Waals surface area contributed by atoms with Crippen LogP contribution in [0, 0.1) is 11.6 Å². The molecule has 1 aliphatic rings. The van der Waals surface area contributed by atoms with Crippen molar-refractivity contribution in [2.75, 3.05) is 21.9 Å². The zero-order valence-electron chi connectivity index (χ0n) is 16.6. The van der Waals surface area contributed by atoms with Crippen LogP contribution >= 0.6 is 11.6 Å². The van der Waals surface area contributed by atoms with Crippen LogP contribution in [-0.4, -0.2) is 31.6 Å². The van der Waals surface area contributed by atoms with Crippen molar-refractivity contribution in [3.05, 3.63) is 65.1 Å². The minimum absolute atomic E-state index is 0.00553. The summed E-state index contributed by atoms with van der Waals surface area (Å²) in [5.41, 5.74) is 0.786. The van der Waals surface area contributed by atoms with Gasteiger partial charge in [0.25, 0.3) is 0 Å². The first kappa shape index (κ1) is 22.2. The van der Waals surface area contributed by atoms with E-state index in [9.17, 15) is 22.0 Å². The summed E-state index contributed by atoms with van der Waals surface area (Å²) >= 11 is 6.16. The molecule has 0 unspecified atom stereocenters. The number of aromatic nitrogens is 1. The second-order valence-corrected chi connectivity index (χ2v) is 9.62. The molecule has 3 aromatic rings. The van der Waals surface area contributed by atoms with Gasteiger partial charge in [-0.1, -0.05) is 11.6 Å². The molecule has 1 aromatic heterocycles. The number of amides is 1. The van der Waals surface area contributed by atoms with Crippen LogP contribution in [-0.2, 0) is 21.2 Å². The molecule has 0 saturated carbocycles. The summed E-state index contributed by atoms with van der Waals surface area (Å²) in [5.74, 6) is -1.45. The maximum Gasteiger partial charge on any atom is 0.235 e. The Morgan fingerprint density at radius 3 is 2.75 bits per heavy atom. The van der Waals surface area contributed by atoms with Crippen molar-refractivity contribution < 1.29 is 26.4 Å². The maximum absolute atomic E-state index is 13.9. The van der Waals surface area contributed by atoms with E-state index in [4.69, 9.17) is 16.0 Å². The Kier molecular flexibility index (Phi) is 6.16. The van der Waals surface area contributed by atoms with Crippen LogP contribution in [0.3, 0.4) is 0 Å². The zero-order valence-corrected chi connectivity index (χ0v) is 18.2. The minimum Gasteiger partial charge on any atom is -0.441 e. The van der Waals surface area contributed by atoms with Crippen LogP contribution in [0.1, 0.15) is 18.7 Å². The fraction of sp³-hybridized carbons (Fsp3) is 0.238. The number of sulfonamides is 1. The third-order valence-corrected chi connectivity index (χ3v) is 7.13. The highest BCUT2D eigenvalue weighted by atomic mass is 35.5. The van der Waals surface area contributed by atoms with Gasteiger partial charge in [-0.05, 0) is 36.8 Å². The number of carbonyl (C=O) groups excluding carboxylic acids is 1. The smallest absolute Gasteiger partial charge is 0.235 e. The lowest BCUT2D eigenvalue weighted by Gasteiger charge is -2.18. The van der Waals surface area contributed by atoms with Crippen LogP contribution < -0.4 is 9.62 Å². The molecule has 0 spiro atoms. The molecule has 0 aliphatic carbocycles. The summed E-state index contributed by atoms with van der Waals surface area (Å²) in [6, 6.07) is 7.73. The normalized spacial score (nSPS) is 15.2. The van der Waals surface area contributed by atoms with Gasteiger partial charge in [-0.3, -0.25) is 9.10 Å². The molecule has 11 heteroatoms. The van der Waals surface area contributed by atoms with Crippen molar-refractivity contribution in [3.8, 4) is 11.3 Å². The molecule has 1 amide bonds. The quantitative estimate of drug-likeness (QED) is 0.564. The lowest BCUT2D eigenvalue weighted by molar-refractivity contribution is -0.116. The number of halogens is 3. The molecule has 1 aliphatic heterocycles. The number of nitrogens with one attached hydrogen (secondary N) is 1. The van der Waals surface area contributed by atoms with E-state index in [0.29, 0.717) is 18.7 Å². The van der Waals surface area contributed by atoms with E-state index in [1.807, 2.05) is 0 Å². The fourth-order valence-corrected chi connectivity index (χ4v) is 5.09. The number of nitrogens with zero attached hydrogens (tertiary/aromatic N) is 2. The van der Waals surface area contributed by atoms with Gasteiger partial charge in [0, 0.05) is 25.5 Å². The van der Waals surface area contributed by atoms with Gasteiger partial charge >= 0.3 is 0 Å². The molecule has 7 nitrogen and oxygen atoms in total. The zero-order chi connectivity index (χ0) is 22.9. The molecule has 168 valence electrons. The van der Waals surface area contributed by atoms with Crippen molar-refractivity contribution in [1.82, 2.24) is 4.98 Å². The molecule has 0 bridgehead atoms. The van der Waals surface area contributed by atoms with E-state index in [1.54, 1.807) is 6.07 Å². The Morgan fingerprint density at radius 1 is 1.22 bits per heavy atom. The van der Waals surface area contributed by atoms with Crippen LogP contribution in [0.2, 0.25) is 5.02 Å². The molecule has 32 heavy (non-hydrogen) atoms. The number of anilines is 2. The Morgan fingerprint density at radius 2 is 2.03 bits per heavy atom. The van der Waals surface area contributed by atoms with E-state index < -0.39 is 21.7 Å². The van der Waals surface area contributed by atoms with Crippen LogP contribution in [0.4, 0.5) is 20.2 Å². The summed E-state index contributed by atoms with van der Waals surface area (Å²) in [6.07, 6.45) is 1.97. The Bertz CT molecular complexity index is 1280. The number of carbonyl (C=O) groups is 1. The highest BCUT2D eigenvalue weighted by molar-refractivity contribution is 7.93. The van der Waals surface area contributed by atoms with Crippen LogP contribution in [0.5, 0.6) is 0 Å². The van der Waals surface area contributed by atoms with E-state index in [-0.39, 0.29) is 52.4 Å². The highest BCUT2D eigenvalue weighted by Gasteiger charge is 2.28. The minimum atomic E-state index is -3.36. The third kappa shape index (κ3) is 4.76. The van der Waals surface area contributed by atoms with E-state index in [2.05, 4.69) is 10.3 Å². The molecule has 0 radical (unpaired) electrons. The Labute approximate surface area is 188 Å². The van der Waals surface area contributed by atoms with Crippen molar-refractivity contribution >= 4 is 38.9 Å². The van der Waals surface area contributed by atoms with Crippen molar-refractivity contribution in [2.24, 2.45) is 0 Å². The number of aryl methyl sites for hydroxylation is 1. The van der Waals surface area contributed by atoms with Crippen molar-refractivity contribution in [1.29, 1.82) is 0 Å². The average Bonchev–Trinajstić information content (AvgIpc) is 3.34. The predicted octanol–water partition coefficient (Wildman–Crippen LogP) is 4.38. The summed E-state index contributed by atoms with van der Waals surface area (Å²) in [6.45, 7) is 0.374. The lowest BCUT2D eigenvalue weighted by Crippen LogP contribution is -2.25. The number of oxazole rings is 1. The summed E-state index contributed by atoms with van der Waals surface area (Å²) in [5, 5.41) is 2.93. The van der Waals surface area contributed by atoms with Gasteiger partial charge < -0.3 is 9.73 Å². The van der Waals surface area contributed by atoms with Gasteiger partial charge in [-0.2, -0.15) is 0 Å². The van der Waals surface area contributed by atoms with Crippen LogP contribution in [0.15, 0.2) is 47.0 Å². The highest BCUT2D eigenvalue weighted by Crippen LogP contribution is 2.31. The Balaban J connectivity index is 1.41. The first-order chi connectivity index (χ1) is 15.2. The van der Waals surface area contributed by atoms with Gasteiger partial charge in [0.15, 0.2) is 11.7 Å². The molecule has 1 fully saturated rings. The van der Waals surface area contributed by atoms with Gasteiger partial charge in [-0.15, -0.1) is 0 Å². The largest absolute Gasteiger partial charge is 0.441 e. The van der Waals surface area contributed by atoms with Gasteiger partial charge in [-0.25, -0.2) is 22.2 Å². The second-order valence-electron chi connectivity index (χ2n) is 7.20. The molecular formula is C21H18ClF2N3O4S. The van der Waals surface area contributed by atoms with E-state index in [0.717, 1.165) is 12.1 Å². The molecule has 4 rings (SSSR count).